The van der Waals surface area contributed by atoms with E-state index in [1.165, 1.54) is 16.9 Å². The monoisotopic (exact) mass is 445 g/mol. The third kappa shape index (κ3) is 5.80. The van der Waals surface area contributed by atoms with Gasteiger partial charge in [0.05, 0.1) is 25.0 Å². The van der Waals surface area contributed by atoms with E-state index < -0.39 is 0 Å². The second-order valence-corrected chi connectivity index (χ2v) is 7.47. The summed E-state index contributed by atoms with van der Waals surface area (Å²) >= 11 is 0. The average Bonchev–Trinajstić information content (AvgIpc) is 3.45. The third-order valence-electron chi connectivity index (χ3n) is 5.25. The lowest BCUT2D eigenvalue weighted by molar-refractivity contribution is 0.0790. The van der Waals surface area contributed by atoms with Crippen molar-refractivity contribution in [3.63, 3.8) is 0 Å². The number of amides is 1. The van der Waals surface area contributed by atoms with Gasteiger partial charge in [-0.15, -0.1) is 12.4 Å². The molecular weight excluding hydrogens is 421 g/mol. The van der Waals surface area contributed by atoms with Gasteiger partial charge in [0.1, 0.15) is 18.2 Å². The van der Waals surface area contributed by atoms with Crippen LogP contribution >= 0.6 is 12.4 Å². The molecule has 0 spiro atoms. The minimum absolute atomic E-state index is 0. The molecule has 31 heavy (non-hydrogen) atoms. The quantitative estimate of drug-likeness (QED) is 0.604. The number of aromatic nitrogens is 3. The first-order chi connectivity index (χ1) is 14.6. The van der Waals surface area contributed by atoms with E-state index in [1.807, 2.05) is 4.90 Å². The van der Waals surface area contributed by atoms with E-state index in [4.69, 9.17) is 10.5 Å². The molecule has 1 amide bonds. The first-order valence-electron chi connectivity index (χ1n) is 9.96. The standard InChI is InChI=1S/C22H24FN5O2.ClH/c23-19-5-1-16(2-6-19)18-9-12-27(13-18)22(29)17-3-7-21(8-4-17)30-15-20(24)14-28-25-10-11-26-28;/h1-8,10-11,18,20H,9,12-15,24H2;1H/t18-,20+;/m0./s1. The molecule has 1 saturated heterocycles. The molecule has 0 bridgehead atoms. The van der Waals surface area contributed by atoms with Crippen molar-refractivity contribution in [1.29, 1.82) is 0 Å². The van der Waals surface area contributed by atoms with Crippen LogP contribution in [0, 0.1) is 5.82 Å². The summed E-state index contributed by atoms with van der Waals surface area (Å²) in [6.45, 7) is 2.11. The Bertz CT molecular complexity index is 967. The Morgan fingerprint density at radius 2 is 1.81 bits per heavy atom. The summed E-state index contributed by atoms with van der Waals surface area (Å²) in [7, 11) is 0. The predicted octanol–water partition coefficient (Wildman–Crippen LogP) is 2.88. The topological polar surface area (TPSA) is 86.3 Å². The highest BCUT2D eigenvalue weighted by Crippen LogP contribution is 2.28. The molecule has 7 nitrogen and oxygen atoms in total. The van der Waals surface area contributed by atoms with Gasteiger partial charge in [-0.3, -0.25) is 4.79 Å². The molecule has 2 heterocycles. The van der Waals surface area contributed by atoms with Crippen molar-refractivity contribution in [2.24, 2.45) is 5.73 Å². The molecule has 1 aromatic heterocycles. The van der Waals surface area contributed by atoms with Gasteiger partial charge in [0.2, 0.25) is 0 Å². The molecule has 0 saturated carbocycles. The molecule has 0 aliphatic carbocycles. The van der Waals surface area contributed by atoms with E-state index >= 15 is 0 Å². The summed E-state index contributed by atoms with van der Waals surface area (Å²) < 4.78 is 18.8. The number of nitrogens with two attached hydrogens (primary N) is 1. The van der Waals surface area contributed by atoms with Crippen LogP contribution in [0.3, 0.4) is 0 Å². The van der Waals surface area contributed by atoms with Gasteiger partial charge in [-0.05, 0) is 48.4 Å². The zero-order valence-electron chi connectivity index (χ0n) is 16.9. The number of nitrogens with zero attached hydrogens (tertiary/aromatic N) is 4. The van der Waals surface area contributed by atoms with Crippen LogP contribution in [0.1, 0.15) is 28.3 Å². The van der Waals surface area contributed by atoms with Gasteiger partial charge in [-0.2, -0.15) is 15.0 Å². The zero-order chi connectivity index (χ0) is 20.9. The summed E-state index contributed by atoms with van der Waals surface area (Å²) in [5.74, 6) is 0.641. The highest BCUT2D eigenvalue weighted by Gasteiger charge is 2.28. The number of benzene rings is 2. The molecule has 2 atom stereocenters. The summed E-state index contributed by atoms with van der Waals surface area (Å²) in [5.41, 5.74) is 7.72. The lowest BCUT2D eigenvalue weighted by Gasteiger charge is -2.17. The number of carbonyl (C=O) groups excluding carboxylic acids is 1. The van der Waals surface area contributed by atoms with E-state index in [0.717, 1.165) is 12.0 Å². The second-order valence-electron chi connectivity index (χ2n) is 7.47. The van der Waals surface area contributed by atoms with Crippen LogP contribution in [-0.4, -0.2) is 51.5 Å². The van der Waals surface area contributed by atoms with Crippen LogP contribution in [-0.2, 0) is 6.54 Å². The number of hydrogen-bond donors (Lipinski definition) is 1. The minimum atomic E-state index is -0.244. The fraction of sp³-hybridized carbons (Fsp3) is 0.318. The van der Waals surface area contributed by atoms with E-state index in [1.54, 1.807) is 48.8 Å². The van der Waals surface area contributed by atoms with Crippen LogP contribution in [0.4, 0.5) is 4.39 Å². The number of hydrogen-bond acceptors (Lipinski definition) is 5. The molecule has 4 rings (SSSR count). The van der Waals surface area contributed by atoms with Crippen LogP contribution < -0.4 is 10.5 Å². The fourth-order valence-electron chi connectivity index (χ4n) is 3.63. The molecule has 2 aromatic carbocycles. The van der Waals surface area contributed by atoms with Gasteiger partial charge in [-0.25, -0.2) is 4.39 Å². The largest absolute Gasteiger partial charge is 0.492 e. The highest BCUT2D eigenvalue weighted by atomic mass is 35.5. The number of likely N-dealkylation sites (tertiary alicyclic amines) is 1. The zero-order valence-corrected chi connectivity index (χ0v) is 17.7. The Kier molecular flexibility index (Phi) is 7.59. The maximum Gasteiger partial charge on any atom is 0.253 e. The summed E-state index contributed by atoms with van der Waals surface area (Å²) in [5, 5.41) is 8.04. The molecule has 0 unspecified atom stereocenters. The van der Waals surface area contributed by atoms with Crippen molar-refractivity contribution in [3.8, 4) is 5.75 Å². The van der Waals surface area contributed by atoms with Gasteiger partial charge in [0, 0.05) is 24.6 Å². The number of carbonyl (C=O) groups is 1. The molecule has 9 heteroatoms. The number of ether oxygens (including phenoxy) is 1. The normalized spacial score (nSPS) is 16.6. The molecule has 1 fully saturated rings. The molecular formula is C22H25ClFN5O2. The highest BCUT2D eigenvalue weighted by molar-refractivity contribution is 5.94. The molecule has 164 valence electrons. The number of rotatable bonds is 7. The lowest BCUT2D eigenvalue weighted by Crippen LogP contribution is -2.33. The van der Waals surface area contributed by atoms with E-state index in [2.05, 4.69) is 10.2 Å². The van der Waals surface area contributed by atoms with Gasteiger partial charge in [-0.1, -0.05) is 12.1 Å². The van der Waals surface area contributed by atoms with Crippen LogP contribution in [0.2, 0.25) is 0 Å². The van der Waals surface area contributed by atoms with Crippen molar-refractivity contribution < 1.29 is 13.9 Å². The van der Waals surface area contributed by atoms with Crippen LogP contribution in [0.25, 0.3) is 0 Å². The maximum atomic E-state index is 13.1. The number of halogens is 2. The van der Waals surface area contributed by atoms with Crippen molar-refractivity contribution in [3.05, 3.63) is 77.9 Å². The molecule has 0 radical (unpaired) electrons. The average molecular weight is 446 g/mol. The minimum Gasteiger partial charge on any atom is -0.492 e. The first-order valence-corrected chi connectivity index (χ1v) is 9.96. The second kappa shape index (κ2) is 10.4. The Hall–Kier alpha value is -2.97. The van der Waals surface area contributed by atoms with E-state index in [-0.39, 0.29) is 36.1 Å². The van der Waals surface area contributed by atoms with Crippen molar-refractivity contribution in [1.82, 2.24) is 19.9 Å². The Labute approximate surface area is 186 Å². The van der Waals surface area contributed by atoms with Crippen molar-refractivity contribution in [2.45, 2.75) is 24.9 Å². The predicted molar refractivity (Wildman–Crippen MR) is 117 cm³/mol. The SMILES string of the molecule is Cl.N[C@@H](COc1ccc(C(=O)N2CC[C@H](c3ccc(F)cc3)C2)cc1)Cn1nccn1. The maximum absolute atomic E-state index is 13.1. The Morgan fingerprint density at radius 1 is 1.13 bits per heavy atom. The molecule has 1 aliphatic heterocycles. The van der Waals surface area contributed by atoms with Crippen molar-refractivity contribution >= 4 is 18.3 Å². The van der Waals surface area contributed by atoms with Crippen molar-refractivity contribution in [2.75, 3.05) is 19.7 Å². The molecule has 1 aliphatic rings. The summed E-state index contributed by atoms with van der Waals surface area (Å²) in [4.78, 5) is 16.2. The van der Waals surface area contributed by atoms with Crippen LogP contribution in [0.5, 0.6) is 5.75 Å². The van der Waals surface area contributed by atoms with E-state index in [0.29, 0.717) is 37.6 Å². The Morgan fingerprint density at radius 3 is 2.48 bits per heavy atom. The van der Waals surface area contributed by atoms with Crippen LogP contribution in [0.15, 0.2) is 60.9 Å². The van der Waals surface area contributed by atoms with Gasteiger partial charge < -0.3 is 15.4 Å². The summed E-state index contributed by atoms with van der Waals surface area (Å²) in [6, 6.07) is 13.4. The van der Waals surface area contributed by atoms with Gasteiger partial charge >= 0.3 is 0 Å². The van der Waals surface area contributed by atoms with Gasteiger partial charge in [0.15, 0.2) is 0 Å². The molecule has 3 aromatic rings. The third-order valence-corrected chi connectivity index (χ3v) is 5.25. The van der Waals surface area contributed by atoms with Gasteiger partial charge in [0.25, 0.3) is 5.91 Å². The fourth-order valence-corrected chi connectivity index (χ4v) is 3.63. The van der Waals surface area contributed by atoms with E-state index in [9.17, 15) is 9.18 Å². The summed E-state index contributed by atoms with van der Waals surface area (Å²) in [6.07, 6.45) is 4.08. The first kappa shape index (κ1) is 22.7. The smallest absolute Gasteiger partial charge is 0.253 e. The molecule has 2 N–H and O–H groups in total. The lowest BCUT2D eigenvalue weighted by atomic mass is 9.99. The Balaban J connectivity index is 0.00000272.